The van der Waals surface area contributed by atoms with Crippen LogP contribution in [0.3, 0.4) is 0 Å². The Hall–Kier alpha value is -2.23. The molecule has 4 heteroatoms. The summed E-state index contributed by atoms with van der Waals surface area (Å²) in [5, 5.41) is 3.37. The second-order valence-electron chi connectivity index (χ2n) is 5.25. The number of carbonyl (C=O) groups excluding carboxylic acids is 1. The molecule has 1 amide bonds. The van der Waals surface area contributed by atoms with E-state index in [0.717, 1.165) is 21.7 Å². The van der Waals surface area contributed by atoms with Gasteiger partial charge in [0.25, 0.3) is 5.91 Å². The Kier molecular flexibility index (Phi) is 5.24. The van der Waals surface area contributed by atoms with Crippen LogP contribution in [-0.2, 0) is 0 Å². The van der Waals surface area contributed by atoms with E-state index in [1.807, 2.05) is 73.0 Å². The summed E-state index contributed by atoms with van der Waals surface area (Å²) in [7, 11) is 0. The first-order valence-corrected chi connectivity index (χ1v) is 9.08. The Balaban J connectivity index is 1.82. The second-order valence-corrected chi connectivity index (χ2v) is 6.53. The highest BCUT2D eigenvalue weighted by molar-refractivity contribution is 7.98. The Morgan fingerprint density at radius 1 is 0.917 bits per heavy atom. The number of thioether (sulfide) groups is 1. The van der Waals surface area contributed by atoms with Gasteiger partial charge in [-0.05, 0) is 47.7 Å². The molecule has 0 radical (unpaired) electrons. The first-order valence-electron chi connectivity index (χ1n) is 7.48. The number of benzene rings is 3. The fourth-order valence-electron chi connectivity index (χ4n) is 2.41. The summed E-state index contributed by atoms with van der Waals surface area (Å²) in [5.74, 6) is -0.210. The number of halogens is 1. The Bertz CT molecular complexity index is 865. The molecular weight excluding hydrogens is 338 g/mol. The fraction of sp³-hybridized carbons (Fsp3) is 0.0500. The maximum Gasteiger partial charge on any atom is 0.257 e. The normalized spacial score (nSPS) is 10.4. The molecule has 3 aromatic carbocycles. The predicted octanol–water partition coefficient (Wildman–Crippen LogP) is 5.98. The first-order chi connectivity index (χ1) is 11.7. The second kappa shape index (κ2) is 7.56. The van der Waals surface area contributed by atoms with E-state index in [9.17, 15) is 4.79 Å². The van der Waals surface area contributed by atoms with Gasteiger partial charge in [-0.2, -0.15) is 0 Å². The van der Waals surface area contributed by atoms with Crippen molar-refractivity contribution >= 4 is 35.0 Å². The van der Waals surface area contributed by atoms with Crippen molar-refractivity contribution in [3.63, 3.8) is 0 Å². The van der Waals surface area contributed by atoms with Crippen molar-refractivity contribution in [2.75, 3.05) is 11.6 Å². The largest absolute Gasteiger partial charge is 0.322 e. The third kappa shape index (κ3) is 3.81. The van der Waals surface area contributed by atoms with E-state index in [-0.39, 0.29) is 5.91 Å². The molecule has 0 heterocycles. The van der Waals surface area contributed by atoms with Gasteiger partial charge in [-0.3, -0.25) is 4.79 Å². The molecule has 2 nitrogen and oxygen atoms in total. The molecule has 120 valence electrons. The van der Waals surface area contributed by atoms with Crippen LogP contribution in [0.15, 0.2) is 77.7 Å². The topological polar surface area (TPSA) is 29.1 Å². The van der Waals surface area contributed by atoms with Crippen molar-refractivity contribution in [1.29, 1.82) is 0 Å². The SMILES string of the molecule is CSc1ccc(C(=O)Nc2cccc(-c3ccccc3)c2)c(Cl)c1. The minimum absolute atomic E-state index is 0.210. The van der Waals surface area contributed by atoms with E-state index < -0.39 is 0 Å². The van der Waals surface area contributed by atoms with Gasteiger partial charge in [-0.1, -0.05) is 54.1 Å². The van der Waals surface area contributed by atoms with Crippen molar-refractivity contribution in [2.24, 2.45) is 0 Å². The summed E-state index contributed by atoms with van der Waals surface area (Å²) in [6.45, 7) is 0. The monoisotopic (exact) mass is 353 g/mol. The maximum absolute atomic E-state index is 12.5. The van der Waals surface area contributed by atoms with Gasteiger partial charge in [0.15, 0.2) is 0 Å². The molecule has 0 spiro atoms. The fourth-order valence-corrected chi connectivity index (χ4v) is 3.18. The van der Waals surface area contributed by atoms with Gasteiger partial charge in [0, 0.05) is 10.6 Å². The summed E-state index contributed by atoms with van der Waals surface area (Å²) in [4.78, 5) is 13.5. The maximum atomic E-state index is 12.5. The Labute approximate surface area is 150 Å². The molecule has 3 aromatic rings. The molecule has 0 aromatic heterocycles. The van der Waals surface area contributed by atoms with E-state index >= 15 is 0 Å². The number of carbonyl (C=O) groups is 1. The average Bonchev–Trinajstić information content (AvgIpc) is 2.62. The smallest absolute Gasteiger partial charge is 0.257 e. The summed E-state index contributed by atoms with van der Waals surface area (Å²) >= 11 is 7.81. The number of hydrogen-bond donors (Lipinski definition) is 1. The standard InChI is InChI=1S/C20H16ClNOS/c1-24-17-10-11-18(19(21)13-17)20(23)22-16-9-5-8-15(12-16)14-6-3-2-4-7-14/h2-13H,1H3,(H,22,23). The highest BCUT2D eigenvalue weighted by Crippen LogP contribution is 2.26. The molecule has 0 saturated heterocycles. The quantitative estimate of drug-likeness (QED) is 0.584. The minimum Gasteiger partial charge on any atom is -0.322 e. The zero-order chi connectivity index (χ0) is 16.9. The number of rotatable bonds is 4. The summed E-state index contributed by atoms with van der Waals surface area (Å²) in [5.41, 5.74) is 3.37. The summed E-state index contributed by atoms with van der Waals surface area (Å²) in [6.07, 6.45) is 1.97. The first kappa shape index (κ1) is 16.6. The molecule has 0 fully saturated rings. The van der Waals surface area contributed by atoms with Crippen LogP contribution < -0.4 is 5.32 Å². The van der Waals surface area contributed by atoms with E-state index in [0.29, 0.717) is 10.6 Å². The van der Waals surface area contributed by atoms with Gasteiger partial charge in [-0.15, -0.1) is 11.8 Å². The van der Waals surface area contributed by atoms with Crippen LogP contribution in [0, 0.1) is 0 Å². The van der Waals surface area contributed by atoms with Gasteiger partial charge in [0.05, 0.1) is 10.6 Å². The number of anilines is 1. The van der Waals surface area contributed by atoms with Gasteiger partial charge >= 0.3 is 0 Å². The highest BCUT2D eigenvalue weighted by Gasteiger charge is 2.11. The lowest BCUT2D eigenvalue weighted by atomic mass is 10.1. The number of nitrogens with one attached hydrogen (secondary N) is 1. The molecule has 0 aliphatic carbocycles. The number of amides is 1. The average molecular weight is 354 g/mol. The lowest BCUT2D eigenvalue weighted by Crippen LogP contribution is -2.12. The molecule has 0 bridgehead atoms. The molecule has 0 atom stereocenters. The lowest BCUT2D eigenvalue weighted by molar-refractivity contribution is 0.102. The van der Waals surface area contributed by atoms with Crippen LogP contribution in [0.5, 0.6) is 0 Å². The Morgan fingerprint density at radius 2 is 1.67 bits per heavy atom. The lowest BCUT2D eigenvalue weighted by Gasteiger charge is -2.09. The van der Waals surface area contributed by atoms with Crippen molar-refractivity contribution in [3.8, 4) is 11.1 Å². The van der Waals surface area contributed by atoms with Gasteiger partial charge in [-0.25, -0.2) is 0 Å². The molecule has 0 aliphatic rings. The predicted molar refractivity (Wildman–Crippen MR) is 103 cm³/mol. The van der Waals surface area contributed by atoms with Gasteiger partial charge in [0.1, 0.15) is 0 Å². The summed E-state index contributed by atoms with van der Waals surface area (Å²) in [6, 6.07) is 23.3. The van der Waals surface area contributed by atoms with Crippen LogP contribution in [0.25, 0.3) is 11.1 Å². The third-order valence-electron chi connectivity index (χ3n) is 3.65. The van der Waals surface area contributed by atoms with Crippen LogP contribution in [0.2, 0.25) is 5.02 Å². The van der Waals surface area contributed by atoms with Crippen molar-refractivity contribution in [3.05, 3.63) is 83.4 Å². The van der Waals surface area contributed by atoms with Crippen molar-refractivity contribution in [2.45, 2.75) is 4.90 Å². The van der Waals surface area contributed by atoms with E-state index in [1.54, 1.807) is 17.8 Å². The van der Waals surface area contributed by atoms with Crippen molar-refractivity contribution in [1.82, 2.24) is 0 Å². The van der Waals surface area contributed by atoms with E-state index in [4.69, 9.17) is 11.6 Å². The Morgan fingerprint density at radius 3 is 2.38 bits per heavy atom. The van der Waals surface area contributed by atoms with Crippen molar-refractivity contribution < 1.29 is 4.79 Å². The molecule has 24 heavy (non-hydrogen) atoms. The van der Waals surface area contributed by atoms with Crippen LogP contribution in [0.1, 0.15) is 10.4 Å². The van der Waals surface area contributed by atoms with Crippen LogP contribution >= 0.6 is 23.4 Å². The molecule has 1 N–H and O–H groups in total. The zero-order valence-corrected chi connectivity index (χ0v) is 14.7. The van der Waals surface area contributed by atoms with E-state index in [2.05, 4.69) is 5.32 Å². The summed E-state index contributed by atoms with van der Waals surface area (Å²) < 4.78 is 0. The minimum atomic E-state index is -0.210. The number of hydrogen-bond acceptors (Lipinski definition) is 2. The molecule has 0 saturated carbocycles. The van der Waals surface area contributed by atoms with Crippen LogP contribution in [0.4, 0.5) is 5.69 Å². The zero-order valence-electron chi connectivity index (χ0n) is 13.1. The molecular formula is C20H16ClNOS. The highest BCUT2D eigenvalue weighted by atomic mass is 35.5. The molecule has 0 unspecified atom stereocenters. The van der Waals surface area contributed by atoms with Gasteiger partial charge in [0.2, 0.25) is 0 Å². The van der Waals surface area contributed by atoms with E-state index in [1.165, 1.54) is 0 Å². The molecule has 0 aliphatic heterocycles. The van der Waals surface area contributed by atoms with Gasteiger partial charge < -0.3 is 5.32 Å². The third-order valence-corrected chi connectivity index (χ3v) is 4.69. The molecule has 3 rings (SSSR count). The van der Waals surface area contributed by atoms with Crippen LogP contribution in [-0.4, -0.2) is 12.2 Å².